The summed E-state index contributed by atoms with van der Waals surface area (Å²) in [6.45, 7) is 5.79. The summed E-state index contributed by atoms with van der Waals surface area (Å²) < 4.78 is 16.4. The van der Waals surface area contributed by atoms with Crippen LogP contribution in [0.3, 0.4) is 0 Å². The van der Waals surface area contributed by atoms with Crippen LogP contribution in [0, 0.1) is 0 Å². The van der Waals surface area contributed by atoms with Gasteiger partial charge in [-0.1, -0.05) is 206 Å². The average Bonchev–Trinajstić information content (AvgIpc) is 3.14. The van der Waals surface area contributed by atoms with E-state index in [0.717, 1.165) is 32.1 Å². The van der Waals surface area contributed by atoms with Crippen molar-refractivity contribution < 1.29 is 28.6 Å². The van der Waals surface area contributed by atoms with Gasteiger partial charge in [-0.15, -0.1) is 0 Å². The van der Waals surface area contributed by atoms with E-state index in [4.69, 9.17) is 14.2 Å². The van der Waals surface area contributed by atoms with Crippen molar-refractivity contribution in [2.45, 2.75) is 245 Å². The predicted octanol–water partition coefficient (Wildman–Crippen LogP) is 13.2. The fourth-order valence-electron chi connectivity index (χ4n) is 6.83. The topological polar surface area (TPSA) is 82.1 Å². The van der Waals surface area contributed by atoms with Crippen molar-refractivity contribution in [2.24, 2.45) is 0 Å². The van der Waals surface area contributed by atoms with Crippen LogP contribution in [0.4, 0.5) is 0 Å². The fourth-order valence-corrected chi connectivity index (χ4v) is 6.83. The number of hydrogen-bond donors (Lipinski definition) is 0. The number of carbonyl (C=O) groups is 3. The molecule has 7 nitrogen and oxygen atoms in total. The summed E-state index contributed by atoms with van der Waals surface area (Å²) in [6, 6.07) is 0. The minimum atomic E-state index is -1.08. The van der Waals surface area contributed by atoms with Gasteiger partial charge < -0.3 is 19.1 Å². The molecule has 0 saturated carbocycles. The number of unbranched alkanes of at least 4 members (excludes halogenated alkanes) is 30. The van der Waals surface area contributed by atoms with Crippen LogP contribution in [0.2, 0.25) is 0 Å². The highest BCUT2D eigenvalue weighted by atomic mass is 16.6. The lowest BCUT2D eigenvalue weighted by Crippen LogP contribution is -2.31. The molecule has 0 amide bonds. The smallest absolute Gasteiger partial charge is 0.347 e. The minimum absolute atomic E-state index is 0.0264. The van der Waals surface area contributed by atoms with Gasteiger partial charge >= 0.3 is 17.9 Å². The van der Waals surface area contributed by atoms with Crippen LogP contribution in [0.15, 0.2) is 0 Å². The van der Waals surface area contributed by atoms with Crippen LogP contribution < -0.4 is 0 Å². The van der Waals surface area contributed by atoms with Gasteiger partial charge in [0.05, 0.1) is 19.6 Å². The Hall–Kier alpha value is -1.63. The largest absolute Gasteiger partial charge is 0.466 e. The molecule has 0 aromatic heterocycles. The molecule has 0 fully saturated rings. The second kappa shape index (κ2) is 41.5. The van der Waals surface area contributed by atoms with Gasteiger partial charge in [-0.3, -0.25) is 9.59 Å². The lowest BCUT2D eigenvalue weighted by atomic mass is 10.0. The maximum Gasteiger partial charge on any atom is 0.347 e. The monoisotopic (exact) mass is 752 g/mol. The highest BCUT2D eigenvalue weighted by Crippen LogP contribution is 2.16. The van der Waals surface area contributed by atoms with E-state index in [0.29, 0.717) is 19.8 Å². The van der Waals surface area contributed by atoms with Crippen LogP contribution in [-0.2, 0) is 28.6 Å². The van der Waals surface area contributed by atoms with Gasteiger partial charge in [0.15, 0.2) is 6.10 Å². The van der Waals surface area contributed by atoms with E-state index in [2.05, 4.69) is 13.8 Å². The van der Waals surface area contributed by atoms with Crippen LogP contribution in [-0.4, -0.2) is 62.8 Å². The highest BCUT2D eigenvalue weighted by molar-refractivity contribution is 5.80. The summed E-state index contributed by atoms with van der Waals surface area (Å²) in [5, 5.41) is 0. The number of ether oxygens (including phenoxy) is 3. The van der Waals surface area contributed by atoms with Crippen LogP contribution >= 0.6 is 0 Å². The molecule has 0 aliphatic carbocycles. The Kier molecular flexibility index (Phi) is 40.3. The van der Waals surface area contributed by atoms with Crippen molar-refractivity contribution in [3.05, 3.63) is 0 Å². The van der Waals surface area contributed by atoms with Crippen LogP contribution in [0.5, 0.6) is 0 Å². The SMILES string of the molecule is CCCCCCCCCCCCCCCCCCOC(=O)CCC(OC(=O)CCN(C)C)C(=O)OCCCCCCCCCCCCCCCCCC. The predicted molar refractivity (Wildman–Crippen MR) is 223 cm³/mol. The number of carbonyl (C=O) groups excluding carboxylic acids is 3. The van der Waals surface area contributed by atoms with Gasteiger partial charge in [0.25, 0.3) is 0 Å². The molecule has 314 valence electrons. The Bertz CT molecular complexity index is 803. The van der Waals surface area contributed by atoms with Crippen LogP contribution in [0.1, 0.15) is 239 Å². The molecule has 0 rings (SSSR count). The summed E-state index contributed by atoms with van der Waals surface area (Å²) >= 11 is 0. The van der Waals surface area contributed by atoms with E-state index in [1.165, 1.54) is 173 Å². The first-order valence-electron chi connectivity index (χ1n) is 23.1. The standard InChI is InChI=1S/C46H89NO6/c1-5-7-9-11-13-15-17-19-21-23-25-27-29-31-33-35-41-51-44(48)38-37-43(53-45(49)39-40-47(3)4)46(50)52-42-36-34-32-30-28-26-24-22-20-18-16-14-12-10-8-6-2/h43H,5-42H2,1-4H3. The third-order valence-corrected chi connectivity index (χ3v) is 10.4. The summed E-state index contributed by atoms with van der Waals surface area (Å²) in [7, 11) is 3.76. The molecule has 0 spiro atoms. The summed E-state index contributed by atoms with van der Waals surface area (Å²) in [4.78, 5) is 39.6. The molecule has 1 atom stereocenters. The van der Waals surface area contributed by atoms with E-state index in [1.807, 2.05) is 19.0 Å². The Morgan fingerprint density at radius 1 is 0.415 bits per heavy atom. The normalized spacial score (nSPS) is 11.9. The van der Waals surface area contributed by atoms with E-state index in [-0.39, 0.29) is 25.2 Å². The molecule has 0 bridgehead atoms. The van der Waals surface area contributed by atoms with Crippen molar-refractivity contribution in [1.82, 2.24) is 4.90 Å². The highest BCUT2D eigenvalue weighted by Gasteiger charge is 2.26. The van der Waals surface area contributed by atoms with Gasteiger partial charge in [-0.05, 0) is 26.9 Å². The van der Waals surface area contributed by atoms with E-state index < -0.39 is 18.0 Å². The van der Waals surface area contributed by atoms with Gasteiger partial charge in [-0.25, -0.2) is 4.79 Å². The molecule has 7 heteroatoms. The Morgan fingerprint density at radius 2 is 0.736 bits per heavy atom. The minimum Gasteiger partial charge on any atom is -0.466 e. The molecule has 0 radical (unpaired) electrons. The molecule has 0 N–H and O–H groups in total. The molecular weight excluding hydrogens is 663 g/mol. The lowest BCUT2D eigenvalue weighted by molar-refractivity contribution is -0.169. The quantitative estimate of drug-likeness (QED) is 0.0349. The zero-order valence-electron chi connectivity index (χ0n) is 35.8. The van der Waals surface area contributed by atoms with Gasteiger partial charge in [-0.2, -0.15) is 0 Å². The number of nitrogens with zero attached hydrogens (tertiary/aromatic N) is 1. The Balaban J connectivity index is 3.99. The van der Waals surface area contributed by atoms with Crippen molar-refractivity contribution in [3.63, 3.8) is 0 Å². The molecule has 0 aromatic rings. The van der Waals surface area contributed by atoms with E-state index >= 15 is 0 Å². The lowest BCUT2D eigenvalue weighted by Gasteiger charge is -2.17. The molecule has 0 aliphatic heterocycles. The number of esters is 3. The van der Waals surface area contributed by atoms with Crippen molar-refractivity contribution in [1.29, 1.82) is 0 Å². The zero-order valence-corrected chi connectivity index (χ0v) is 35.8. The number of hydrogen-bond acceptors (Lipinski definition) is 7. The number of rotatable bonds is 42. The van der Waals surface area contributed by atoms with Crippen LogP contribution in [0.25, 0.3) is 0 Å². The summed E-state index contributed by atoms with van der Waals surface area (Å²) in [5.74, 6) is -1.37. The summed E-state index contributed by atoms with van der Waals surface area (Å²) in [5.41, 5.74) is 0. The third-order valence-electron chi connectivity index (χ3n) is 10.4. The van der Waals surface area contributed by atoms with Crippen molar-refractivity contribution in [2.75, 3.05) is 33.9 Å². The van der Waals surface area contributed by atoms with E-state index in [1.54, 1.807) is 0 Å². The van der Waals surface area contributed by atoms with Gasteiger partial charge in [0, 0.05) is 19.4 Å². The van der Waals surface area contributed by atoms with Gasteiger partial charge in [0.1, 0.15) is 0 Å². The Labute approximate surface area is 329 Å². The van der Waals surface area contributed by atoms with Crippen molar-refractivity contribution in [3.8, 4) is 0 Å². The van der Waals surface area contributed by atoms with Crippen molar-refractivity contribution >= 4 is 17.9 Å². The van der Waals surface area contributed by atoms with E-state index in [9.17, 15) is 14.4 Å². The maximum atomic E-state index is 12.9. The Morgan fingerprint density at radius 3 is 1.08 bits per heavy atom. The second-order valence-electron chi connectivity index (χ2n) is 16.1. The maximum absolute atomic E-state index is 12.9. The molecule has 0 aliphatic rings. The molecule has 1 unspecified atom stereocenters. The van der Waals surface area contributed by atoms with Gasteiger partial charge in [0.2, 0.25) is 0 Å². The summed E-state index contributed by atoms with van der Waals surface area (Å²) in [6.07, 6.45) is 40.6. The molecule has 0 heterocycles. The molecular formula is C46H89NO6. The molecule has 0 aromatic carbocycles. The first-order valence-corrected chi connectivity index (χ1v) is 23.1. The second-order valence-corrected chi connectivity index (χ2v) is 16.1. The zero-order chi connectivity index (χ0) is 38.9. The fraction of sp³-hybridized carbons (Fsp3) is 0.935. The third kappa shape index (κ3) is 39.9. The first-order chi connectivity index (χ1) is 25.9. The average molecular weight is 752 g/mol. The molecule has 0 saturated heterocycles. The molecule has 53 heavy (non-hydrogen) atoms. The first kappa shape index (κ1) is 51.4.